The van der Waals surface area contributed by atoms with Gasteiger partial charge in [-0.3, -0.25) is 0 Å². The average Bonchev–Trinajstić information content (AvgIpc) is 2.19. The molecule has 0 nitrogen and oxygen atoms in total. The molecule has 0 unspecified atom stereocenters. The molecule has 0 saturated heterocycles. The summed E-state index contributed by atoms with van der Waals surface area (Å²) < 4.78 is 1.27. The van der Waals surface area contributed by atoms with E-state index in [4.69, 9.17) is 0 Å². The second-order valence-corrected chi connectivity index (χ2v) is 4.04. The zero-order chi connectivity index (χ0) is 9.10. The normalized spacial score (nSPS) is 9.92. The Morgan fingerprint density at radius 1 is 0.923 bits per heavy atom. The highest BCUT2D eigenvalue weighted by Crippen LogP contribution is 2.20. The van der Waals surface area contributed by atoms with E-state index in [1.165, 1.54) is 14.7 Å². The molecule has 63 valence electrons. The Bertz CT molecular complexity index is 393. The summed E-state index contributed by atoms with van der Waals surface area (Å²) in [6, 6.07) is 19.5. The third-order valence-corrected chi connectivity index (χ3v) is 2.55. The minimum atomic E-state index is 1.25. The van der Waals surface area contributed by atoms with Gasteiger partial charge < -0.3 is 0 Å². The van der Waals surface area contributed by atoms with Gasteiger partial charge in [-0.05, 0) is 51.9 Å². The fourth-order valence-electron chi connectivity index (χ4n) is 1.25. The van der Waals surface area contributed by atoms with Gasteiger partial charge in [0.05, 0.1) is 0 Å². The van der Waals surface area contributed by atoms with Crippen LogP contribution >= 0.6 is 22.6 Å². The largest absolute Gasteiger partial charge is 0.0606 e. The molecule has 0 aliphatic rings. The number of halogens is 1. The summed E-state index contributed by atoms with van der Waals surface area (Å²) in [6.07, 6.45) is 0. The van der Waals surface area contributed by atoms with Crippen molar-refractivity contribution >= 4 is 22.6 Å². The van der Waals surface area contributed by atoms with E-state index in [0.717, 1.165) is 0 Å². The van der Waals surface area contributed by atoms with Crippen molar-refractivity contribution in [2.75, 3.05) is 0 Å². The second-order valence-electron chi connectivity index (χ2n) is 2.80. The van der Waals surface area contributed by atoms with Crippen molar-refractivity contribution in [2.45, 2.75) is 0 Å². The van der Waals surface area contributed by atoms with E-state index in [9.17, 15) is 0 Å². The van der Waals surface area contributed by atoms with Crippen molar-refractivity contribution in [3.8, 4) is 11.1 Å². The molecule has 0 amide bonds. The highest BCUT2D eigenvalue weighted by atomic mass is 127. The van der Waals surface area contributed by atoms with Crippen LogP contribution in [0.15, 0.2) is 48.5 Å². The molecule has 0 aliphatic carbocycles. The third kappa shape index (κ3) is 2.10. The SMILES string of the molecule is Ic1cccc(-c2cc[c]cc2)c1. The van der Waals surface area contributed by atoms with Gasteiger partial charge in [-0.2, -0.15) is 0 Å². The molecule has 0 fully saturated rings. The lowest BCUT2D eigenvalue weighted by Gasteiger charge is -2.00. The van der Waals surface area contributed by atoms with Gasteiger partial charge in [0.1, 0.15) is 0 Å². The summed E-state index contributed by atoms with van der Waals surface area (Å²) in [6.45, 7) is 0. The van der Waals surface area contributed by atoms with E-state index < -0.39 is 0 Å². The van der Waals surface area contributed by atoms with Gasteiger partial charge in [0.2, 0.25) is 0 Å². The highest BCUT2D eigenvalue weighted by Gasteiger charge is 1.95. The number of rotatable bonds is 1. The molecule has 13 heavy (non-hydrogen) atoms. The van der Waals surface area contributed by atoms with Gasteiger partial charge >= 0.3 is 0 Å². The fraction of sp³-hybridized carbons (Fsp3) is 0. The molecule has 0 saturated carbocycles. The Kier molecular flexibility index (Phi) is 2.64. The van der Waals surface area contributed by atoms with Crippen LogP contribution < -0.4 is 0 Å². The first kappa shape index (κ1) is 8.75. The van der Waals surface area contributed by atoms with Crippen molar-refractivity contribution in [3.05, 3.63) is 58.2 Å². The van der Waals surface area contributed by atoms with Crippen LogP contribution in [0.1, 0.15) is 0 Å². The Balaban J connectivity index is 2.48. The summed E-state index contributed by atoms with van der Waals surface area (Å²) in [5, 5.41) is 0. The molecule has 1 heteroatoms. The van der Waals surface area contributed by atoms with Crippen molar-refractivity contribution in [2.24, 2.45) is 0 Å². The lowest BCUT2D eigenvalue weighted by Crippen LogP contribution is -1.77. The van der Waals surface area contributed by atoms with Crippen LogP contribution in [0.5, 0.6) is 0 Å². The molecule has 2 rings (SSSR count). The summed E-state index contributed by atoms with van der Waals surface area (Å²) >= 11 is 2.32. The monoisotopic (exact) mass is 279 g/mol. The van der Waals surface area contributed by atoms with Gasteiger partial charge in [-0.1, -0.05) is 36.4 Å². The maximum absolute atomic E-state index is 3.02. The third-order valence-electron chi connectivity index (χ3n) is 1.88. The molecule has 2 aromatic rings. The summed E-state index contributed by atoms with van der Waals surface area (Å²) in [7, 11) is 0. The van der Waals surface area contributed by atoms with E-state index in [2.05, 4.69) is 65.1 Å². The average molecular weight is 279 g/mol. The van der Waals surface area contributed by atoms with Gasteiger partial charge in [-0.25, -0.2) is 0 Å². The van der Waals surface area contributed by atoms with Gasteiger partial charge in [-0.15, -0.1) is 0 Å². The molecular formula is C12H8I. The zero-order valence-corrected chi connectivity index (χ0v) is 9.15. The van der Waals surface area contributed by atoms with Crippen LogP contribution in [0.2, 0.25) is 0 Å². The Morgan fingerprint density at radius 2 is 1.69 bits per heavy atom. The first-order valence-electron chi connectivity index (χ1n) is 4.08. The van der Waals surface area contributed by atoms with Crippen LogP contribution in [0.3, 0.4) is 0 Å². The molecule has 0 bridgehead atoms. The van der Waals surface area contributed by atoms with Gasteiger partial charge in [0, 0.05) is 3.57 Å². The molecule has 0 spiro atoms. The molecule has 2 aromatic carbocycles. The second kappa shape index (κ2) is 3.92. The minimum Gasteiger partial charge on any atom is -0.0606 e. The first-order chi connectivity index (χ1) is 6.36. The quantitative estimate of drug-likeness (QED) is 0.697. The van der Waals surface area contributed by atoms with Crippen LogP contribution in [0.4, 0.5) is 0 Å². The smallest absolute Gasteiger partial charge is 0.0136 e. The molecular weight excluding hydrogens is 271 g/mol. The van der Waals surface area contributed by atoms with E-state index in [1.807, 2.05) is 12.1 Å². The first-order valence-corrected chi connectivity index (χ1v) is 5.16. The van der Waals surface area contributed by atoms with Gasteiger partial charge in [0.15, 0.2) is 0 Å². The van der Waals surface area contributed by atoms with E-state index in [-0.39, 0.29) is 0 Å². The molecule has 0 atom stereocenters. The van der Waals surface area contributed by atoms with Gasteiger partial charge in [0.25, 0.3) is 0 Å². The number of benzene rings is 2. The van der Waals surface area contributed by atoms with Crippen molar-refractivity contribution < 1.29 is 0 Å². The van der Waals surface area contributed by atoms with E-state index >= 15 is 0 Å². The molecule has 0 aliphatic heterocycles. The van der Waals surface area contributed by atoms with Crippen LogP contribution in [0.25, 0.3) is 11.1 Å². The fourth-order valence-corrected chi connectivity index (χ4v) is 1.79. The van der Waals surface area contributed by atoms with Crippen LogP contribution in [-0.2, 0) is 0 Å². The standard InChI is InChI=1S/C12H8I/c13-12-8-4-7-11(9-12)10-5-2-1-3-6-10/h2-9H. The van der Waals surface area contributed by atoms with E-state index in [1.54, 1.807) is 0 Å². The van der Waals surface area contributed by atoms with Crippen LogP contribution in [-0.4, -0.2) is 0 Å². The Morgan fingerprint density at radius 3 is 2.38 bits per heavy atom. The maximum atomic E-state index is 3.02. The molecule has 0 aromatic heterocycles. The lowest BCUT2D eigenvalue weighted by molar-refractivity contribution is 1.59. The van der Waals surface area contributed by atoms with E-state index in [0.29, 0.717) is 0 Å². The predicted octanol–water partition coefficient (Wildman–Crippen LogP) is 3.76. The predicted molar refractivity (Wildman–Crippen MR) is 63.4 cm³/mol. The molecule has 0 N–H and O–H groups in total. The highest BCUT2D eigenvalue weighted by molar-refractivity contribution is 14.1. The van der Waals surface area contributed by atoms with Crippen LogP contribution in [0, 0.1) is 9.64 Å². The molecule has 0 heterocycles. The summed E-state index contributed by atoms with van der Waals surface area (Å²) in [4.78, 5) is 0. The van der Waals surface area contributed by atoms with Crippen molar-refractivity contribution in [3.63, 3.8) is 0 Å². The Labute approximate surface area is 91.8 Å². The maximum Gasteiger partial charge on any atom is 0.0136 e. The van der Waals surface area contributed by atoms with Crippen molar-refractivity contribution in [1.82, 2.24) is 0 Å². The zero-order valence-electron chi connectivity index (χ0n) is 7.00. The summed E-state index contributed by atoms with van der Waals surface area (Å²) in [5.41, 5.74) is 2.51. The Hall–Kier alpha value is -0.830. The number of hydrogen-bond donors (Lipinski definition) is 0. The topological polar surface area (TPSA) is 0 Å². The minimum absolute atomic E-state index is 1.25. The van der Waals surface area contributed by atoms with Crippen molar-refractivity contribution in [1.29, 1.82) is 0 Å². The summed E-state index contributed by atoms with van der Waals surface area (Å²) in [5.74, 6) is 0. The molecule has 1 radical (unpaired) electrons. The number of hydrogen-bond acceptors (Lipinski definition) is 0. The lowest BCUT2D eigenvalue weighted by atomic mass is 10.1.